The number of hydrogen-bond donors (Lipinski definition) is 1. The molecule has 3 heteroatoms. The quantitative estimate of drug-likeness (QED) is 0.779. The lowest BCUT2D eigenvalue weighted by atomic mass is 10.0. The Balaban J connectivity index is 2.49. The number of hydrogen-bond acceptors (Lipinski definition) is 2. The molecule has 0 aliphatic heterocycles. The van der Waals surface area contributed by atoms with Gasteiger partial charge in [-0.2, -0.15) is 0 Å². The molecule has 1 aliphatic rings. The van der Waals surface area contributed by atoms with Crippen LogP contribution in [-0.2, 0) is 4.79 Å². The maximum atomic E-state index is 12.2. The molecule has 1 saturated carbocycles. The third kappa shape index (κ3) is 3.48. The SMILES string of the molecule is CCC(C)CN(CC)C(=O)C1CCC(N)C1. The van der Waals surface area contributed by atoms with E-state index in [-0.39, 0.29) is 12.0 Å². The Morgan fingerprint density at radius 1 is 1.44 bits per heavy atom. The molecule has 3 atom stereocenters. The molecule has 2 N–H and O–H groups in total. The molecule has 0 spiro atoms. The largest absolute Gasteiger partial charge is 0.342 e. The van der Waals surface area contributed by atoms with Gasteiger partial charge in [0.1, 0.15) is 0 Å². The van der Waals surface area contributed by atoms with E-state index in [0.717, 1.165) is 38.8 Å². The molecule has 0 bridgehead atoms. The molecule has 1 aliphatic carbocycles. The van der Waals surface area contributed by atoms with Gasteiger partial charge in [0.05, 0.1) is 0 Å². The van der Waals surface area contributed by atoms with Crippen LogP contribution < -0.4 is 5.73 Å². The highest BCUT2D eigenvalue weighted by atomic mass is 16.2. The monoisotopic (exact) mass is 226 g/mol. The fraction of sp³-hybridized carbons (Fsp3) is 0.923. The lowest BCUT2D eigenvalue weighted by molar-refractivity contribution is -0.135. The van der Waals surface area contributed by atoms with Gasteiger partial charge in [-0.15, -0.1) is 0 Å². The van der Waals surface area contributed by atoms with E-state index in [0.29, 0.717) is 11.8 Å². The first kappa shape index (κ1) is 13.5. The number of carbonyl (C=O) groups is 1. The summed E-state index contributed by atoms with van der Waals surface area (Å²) in [6.07, 6.45) is 4.01. The third-order valence-corrected chi connectivity index (χ3v) is 3.74. The first-order valence-corrected chi connectivity index (χ1v) is 6.62. The standard InChI is InChI=1S/C13H26N2O/c1-4-10(3)9-15(5-2)13(16)11-6-7-12(14)8-11/h10-12H,4-9,14H2,1-3H3. The molecule has 94 valence electrons. The maximum absolute atomic E-state index is 12.2. The minimum Gasteiger partial charge on any atom is -0.342 e. The summed E-state index contributed by atoms with van der Waals surface area (Å²) in [6, 6.07) is 0.247. The van der Waals surface area contributed by atoms with Gasteiger partial charge >= 0.3 is 0 Å². The third-order valence-electron chi connectivity index (χ3n) is 3.74. The van der Waals surface area contributed by atoms with Crippen LogP contribution in [0.5, 0.6) is 0 Å². The highest BCUT2D eigenvalue weighted by molar-refractivity contribution is 5.79. The Morgan fingerprint density at radius 2 is 2.12 bits per heavy atom. The van der Waals surface area contributed by atoms with E-state index in [1.54, 1.807) is 0 Å². The van der Waals surface area contributed by atoms with Gasteiger partial charge in [-0.25, -0.2) is 0 Å². The molecule has 1 fully saturated rings. The number of rotatable bonds is 5. The van der Waals surface area contributed by atoms with Crippen LogP contribution in [0.25, 0.3) is 0 Å². The van der Waals surface area contributed by atoms with Gasteiger partial charge < -0.3 is 10.6 Å². The van der Waals surface area contributed by atoms with Crippen molar-refractivity contribution in [1.29, 1.82) is 0 Å². The van der Waals surface area contributed by atoms with E-state index in [4.69, 9.17) is 5.73 Å². The zero-order chi connectivity index (χ0) is 12.1. The number of carbonyl (C=O) groups excluding carboxylic acids is 1. The summed E-state index contributed by atoms with van der Waals surface area (Å²) in [5.41, 5.74) is 5.86. The minimum atomic E-state index is 0.194. The van der Waals surface area contributed by atoms with Crippen molar-refractivity contribution < 1.29 is 4.79 Å². The van der Waals surface area contributed by atoms with Gasteiger partial charge in [0.2, 0.25) is 5.91 Å². The average Bonchev–Trinajstić information content (AvgIpc) is 2.71. The van der Waals surface area contributed by atoms with Crippen LogP contribution in [0.1, 0.15) is 46.5 Å². The predicted octanol–water partition coefficient (Wildman–Crippen LogP) is 2.01. The lowest BCUT2D eigenvalue weighted by Crippen LogP contribution is -2.38. The molecule has 0 saturated heterocycles. The van der Waals surface area contributed by atoms with Crippen molar-refractivity contribution in [3.8, 4) is 0 Å². The first-order chi connectivity index (χ1) is 7.58. The maximum Gasteiger partial charge on any atom is 0.225 e. The van der Waals surface area contributed by atoms with Crippen molar-refractivity contribution >= 4 is 5.91 Å². The van der Waals surface area contributed by atoms with Crippen LogP contribution in [-0.4, -0.2) is 29.9 Å². The Kier molecular flexibility index (Phi) is 5.26. The Bertz CT molecular complexity index is 230. The normalized spacial score (nSPS) is 26.8. The molecule has 3 unspecified atom stereocenters. The van der Waals surface area contributed by atoms with Crippen LogP contribution in [0.2, 0.25) is 0 Å². The second-order valence-electron chi connectivity index (χ2n) is 5.16. The second-order valence-corrected chi connectivity index (χ2v) is 5.16. The smallest absolute Gasteiger partial charge is 0.225 e. The molecule has 0 aromatic rings. The summed E-state index contributed by atoms with van der Waals surface area (Å²) in [4.78, 5) is 14.3. The highest BCUT2D eigenvalue weighted by Crippen LogP contribution is 2.26. The highest BCUT2D eigenvalue weighted by Gasteiger charge is 2.30. The molecule has 0 radical (unpaired) electrons. The minimum absolute atomic E-state index is 0.194. The second kappa shape index (κ2) is 6.24. The lowest BCUT2D eigenvalue weighted by Gasteiger charge is -2.26. The average molecular weight is 226 g/mol. The fourth-order valence-corrected chi connectivity index (χ4v) is 2.38. The van der Waals surface area contributed by atoms with Crippen molar-refractivity contribution in [1.82, 2.24) is 4.90 Å². The summed E-state index contributed by atoms with van der Waals surface area (Å²) in [5, 5.41) is 0. The van der Waals surface area contributed by atoms with E-state index in [1.165, 1.54) is 0 Å². The van der Waals surface area contributed by atoms with E-state index < -0.39 is 0 Å². The molecule has 0 aromatic carbocycles. The van der Waals surface area contributed by atoms with E-state index >= 15 is 0 Å². The molecule has 3 nitrogen and oxygen atoms in total. The molecule has 16 heavy (non-hydrogen) atoms. The summed E-state index contributed by atoms with van der Waals surface area (Å²) < 4.78 is 0. The summed E-state index contributed by atoms with van der Waals surface area (Å²) >= 11 is 0. The van der Waals surface area contributed by atoms with Gasteiger partial charge in [-0.3, -0.25) is 4.79 Å². The zero-order valence-corrected chi connectivity index (χ0v) is 10.9. The summed E-state index contributed by atoms with van der Waals surface area (Å²) in [7, 11) is 0. The Labute approximate surface area is 99.4 Å². The molecule has 1 amide bonds. The van der Waals surface area contributed by atoms with Crippen LogP contribution in [0.4, 0.5) is 0 Å². The van der Waals surface area contributed by atoms with Crippen molar-refractivity contribution in [2.75, 3.05) is 13.1 Å². The van der Waals surface area contributed by atoms with E-state index in [9.17, 15) is 4.79 Å². The van der Waals surface area contributed by atoms with Crippen molar-refractivity contribution in [3.63, 3.8) is 0 Å². The molecule has 0 heterocycles. The summed E-state index contributed by atoms with van der Waals surface area (Å²) in [6.45, 7) is 8.17. The number of amides is 1. The fourth-order valence-electron chi connectivity index (χ4n) is 2.38. The predicted molar refractivity (Wildman–Crippen MR) is 67.0 cm³/mol. The number of nitrogens with two attached hydrogens (primary N) is 1. The van der Waals surface area contributed by atoms with Gasteiger partial charge in [0.25, 0.3) is 0 Å². The molecule has 0 aromatic heterocycles. The van der Waals surface area contributed by atoms with Crippen molar-refractivity contribution in [2.24, 2.45) is 17.6 Å². The van der Waals surface area contributed by atoms with Crippen LogP contribution in [0.3, 0.4) is 0 Å². The van der Waals surface area contributed by atoms with Crippen molar-refractivity contribution in [3.05, 3.63) is 0 Å². The Morgan fingerprint density at radius 3 is 2.56 bits per heavy atom. The molecule has 1 rings (SSSR count). The topological polar surface area (TPSA) is 46.3 Å². The molecular weight excluding hydrogens is 200 g/mol. The van der Waals surface area contributed by atoms with Crippen LogP contribution in [0.15, 0.2) is 0 Å². The van der Waals surface area contributed by atoms with Gasteiger partial charge in [-0.05, 0) is 32.1 Å². The van der Waals surface area contributed by atoms with Gasteiger partial charge in [0.15, 0.2) is 0 Å². The van der Waals surface area contributed by atoms with Gasteiger partial charge in [-0.1, -0.05) is 20.3 Å². The van der Waals surface area contributed by atoms with Crippen LogP contribution in [0, 0.1) is 11.8 Å². The van der Waals surface area contributed by atoms with E-state index in [1.807, 2.05) is 4.90 Å². The van der Waals surface area contributed by atoms with Crippen LogP contribution >= 0.6 is 0 Å². The zero-order valence-electron chi connectivity index (χ0n) is 10.9. The Hall–Kier alpha value is -0.570. The van der Waals surface area contributed by atoms with E-state index in [2.05, 4.69) is 20.8 Å². The summed E-state index contributed by atoms with van der Waals surface area (Å²) in [5.74, 6) is 1.12. The van der Waals surface area contributed by atoms with Crippen molar-refractivity contribution in [2.45, 2.75) is 52.5 Å². The molecular formula is C13H26N2O. The first-order valence-electron chi connectivity index (χ1n) is 6.62. The van der Waals surface area contributed by atoms with Gasteiger partial charge in [0, 0.05) is 25.0 Å². The number of nitrogens with zero attached hydrogens (tertiary/aromatic N) is 1.